The molecule has 0 aromatic heterocycles. The number of hydrogen-bond donors (Lipinski definition) is 0. The fourth-order valence-corrected chi connectivity index (χ4v) is 1.68. The monoisotopic (exact) mass is 196 g/mol. The summed E-state index contributed by atoms with van der Waals surface area (Å²) in [6.45, 7) is 6.82. The lowest BCUT2D eigenvalue weighted by Crippen LogP contribution is -1.80. The second kappa shape index (κ2) is 10.8. The highest BCUT2D eigenvalue weighted by Crippen LogP contribution is 2.11. The third-order valence-electron chi connectivity index (χ3n) is 2.73. The molecule has 0 atom stereocenters. The molecule has 0 N–H and O–H groups in total. The van der Waals surface area contributed by atoms with Gasteiger partial charge in [-0.15, -0.1) is 0 Å². The molecule has 0 heteroatoms. The highest BCUT2D eigenvalue weighted by Gasteiger charge is 1.90. The first-order chi connectivity index (χ1) is 6.81. The molecular weight excluding hydrogens is 168 g/mol. The first-order valence-electron chi connectivity index (χ1n) is 6.46. The molecule has 0 amide bonds. The number of allylic oxidation sites excluding steroid dienone is 2. The maximum Gasteiger partial charge on any atom is -0.0323 e. The molecule has 0 rings (SSSR count). The highest BCUT2D eigenvalue weighted by molar-refractivity contribution is 4.97. The Balaban J connectivity index is 3.27. The van der Waals surface area contributed by atoms with Crippen LogP contribution in [-0.4, -0.2) is 0 Å². The molecule has 14 heavy (non-hydrogen) atoms. The molecule has 0 bridgehead atoms. The molecule has 0 spiro atoms. The Morgan fingerprint density at radius 1 is 0.857 bits per heavy atom. The van der Waals surface area contributed by atoms with E-state index in [4.69, 9.17) is 0 Å². The number of rotatable bonds is 9. The molecule has 0 fully saturated rings. The summed E-state index contributed by atoms with van der Waals surface area (Å²) in [5.41, 5.74) is 1.61. The van der Waals surface area contributed by atoms with Gasteiger partial charge >= 0.3 is 0 Å². The van der Waals surface area contributed by atoms with Gasteiger partial charge in [0.25, 0.3) is 0 Å². The molecule has 0 aliphatic carbocycles. The smallest absolute Gasteiger partial charge is 0.0323 e. The minimum atomic E-state index is 1.30. The van der Waals surface area contributed by atoms with Crippen LogP contribution < -0.4 is 0 Å². The normalized spacial score (nSPS) is 12.1. The molecule has 0 saturated carbocycles. The average Bonchev–Trinajstić information content (AvgIpc) is 2.18. The second-order valence-corrected chi connectivity index (χ2v) is 4.36. The van der Waals surface area contributed by atoms with Crippen LogP contribution in [0.25, 0.3) is 0 Å². The van der Waals surface area contributed by atoms with E-state index in [-0.39, 0.29) is 0 Å². The van der Waals surface area contributed by atoms with Gasteiger partial charge in [0.2, 0.25) is 0 Å². The van der Waals surface area contributed by atoms with Crippen molar-refractivity contribution in [3.63, 3.8) is 0 Å². The van der Waals surface area contributed by atoms with E-state index in [0.29, 0.717) is 0 Å². The lowest BCUT2D eigenvalue weighted by Gasteiger charge is -2.00. The fraction of sp³-hybridized carbons (Fsp3) is 0.857. The van der Waals surface area contributed by atoms with Crippen LogP contribution in [0.3, 0.4) is 0 Å². The molecular formula is C14H28. The zero-order chi connectivity index (χ0) is 10.6. The van der Waals surface area contributed by atoms with Gasteiger partial charge in [-0.3, -0.25) is 0 Å². The SMILES string of the molecule is CCCCCC/C=C(\C)CCCCC. The topological polar surface area (TPSA) is 0 Å². The zero-order valence-corrected chi connectivity index (χ0v) is 10.4. The van der Waals surface area contributed by atoms with E-state index < -0.39 is 0 Å². The van der Waals surface area contributed by atoms with Crippen molar-refractivity contribution >= 4 is 0 Å². The zero-order valence-electron chi connectivity index (χ0n) is 10.4. The summed E-state index contributed by atoms with van der Waals surface area (Å²) in [4.78, 5) is 0. The van der Waals surface area contributed by atoms with Crippen molar-refractivity contribution in [2.24, 2.45) is 0 Å². The van der Waals surface area contributed by atoms with Crippen molar-refractivity contribution in [3.05, 3.63) is 11.6 Å². The highest BCUT2D eigenvalue weighted by atomic mass is 14.0. The Morgan fingerprint density at radius 3 is 2.14 bits per heavy atom. The van der Waals surface area contributed by atoms with Crippen LogP contribution in [0.4, 0.5) is 0 Å². The van der Waals surface area contributed by atoms with Crippen molar-refractivity contribution in [3.8, 4) is 0 Å². The maximum absolute atomic E-state index is 2.45. The summed E-state index contributed by atoms with van der Waals surface area (Å²) in [5, 5.41) is 0. The molecule has 0 radical (unpaired) electrons. The van der Waals surface area contributed by atoms with E-state index in [1.807, 2.05) is 0 Å². The first kappa shape index (κ1) is 13.7. The predicted octanol–water partition coefficient (Wildman–Crippen LogP) is 5.48. The standard InChI is InChI=1S/C14H28/c1-4-6-8-9-11-13-14(3)12-10-7-5-2/h13H,4-12H2,1-3H3/b14-13+. The molecule has 84 valence electrons. The molecule has 0 unspecified atom stereocenters. The molecule has 0 aromatic rings. The van der Waals surface area contributed by atoms with E-state index in [1.165, 1.54) is 57.8 Å². The quantitative estimate of drug-likeness (QED) is 0.338. The third-order valence-corrected chi connectivity index (χ3v) is 2.73. The van der Waals surface area contributed by atoms with Gasteiger partial charge in [-0.1, -0.05) is 57.6 Å². The van der Waals surface area contributed by atoms with Gasteiger partial charge in [0.15, 0.2) is 0 Å². The Kier molecular flexibility index (Phi) is 10.6. The first-order valence-corrected chi connectivity index (χ1v) is 6.46. The van der Waals surface area contributed by atoms with Crippen molar-refractivity contribution in [1.82, 2.24) is 0 Å². The largest absolute Gasteiger partial charge is 0.0856 e. The van der Waals surface area contributed by atoms with Crippen LogP contribution in [0.1, 0.15) is 78.6 Å². The summed E-state index contributed by atoms with van der Waals surface area (Å²) in [7, 11) is 0. The summed E-state index contributed by atoms with van der Waals surface area (Å²) in [6.07, 6.45) is 14.7. The molecule has 0 aliphatic rings. The van der Waals surface area contributed by atoms with Gasteiger partial charge < -0.3 is 0 Å². The minimum Gasteiger partial charge on any atom is -0.0856 e. The minimum absolute atomic E-state index is 1.30. The van der Waals surface area contributed by atoms with Gasteiger partial charge in [-0.05, 0) is 32.6 Å². The van der Waals surface area contributed by atoms with Crippen molar-refractivity contribution < 1.29 is 0 Å². The Hall–Kier alpha value is -0.260. The van der Waals surface area contributed by atoms with Crippen LogP contribution in [0.2, 0.25) is 0 Å². The molecule has 0 aliphatic heterocycles. The summed E-state index contributed by atoms with van der Waals surface area (Å²) >= 11 is 0. The van der Waals surface area contributed by atoms with Crippen LogP contribution in [-0.2, 0) is 0 Å². The van der Waals surface area contributed by atoms with E-state index in [9.17, 15) is 0 Å². The Bertz CT molecular complexity index is 133. The fourth-order valence-electron chi connectivity index (χ4n) is 1.68. The summed E-state index contributed by atoms with van der Waals surface area (Å²) in [5.74, 6) is 0. The lowest BCUT2D eigenvalue weighted by molar-refractivity contribution is 0.669. The van der Waals surface area contributed by atoms with E-state index in [1.54, 1.807) is 5.57 Å². The predicted molar refractivity (Wildman–Crippen MR) is 66.7 cm³/mol. The van der Waals surface area contributed by atoms with Gasteiger partial charge in [0.05, 0.1) is 0 Å². The molecule has 0 aromatic carbocycles. The Morgan fingerprint density at radius 2 is 1.50 bits per heavy atom. The lowest BCUT2D eigenvalue weighted by atomic mass is 10.1. The second-order valence-electron chi connectivity index (χ2n) is 4.36. The van der Waals surface area contributed by atoms with Crippen LogP contribution in [0.5, 0.6) is 0 Å². The molecule has 0 nitrogen and oxygen atoms in total. The maximum atomic E-state index is 2.45. The molecule has 0 saturated heterocycles. The van der Waals surface area contributed by atoms with Crippen LogP contribution >= 0.6 is 0 Å². The van der Waals surface area contributed by atoms with Gasteiger partial charge in [0.1, 0.15) is 0 Å². The van der Waals surface area contributed by atoms with Crippen molar-refractivity contribution in [1.29, 1.82) is 0 Å². The Labute approximate surface area is 90.8 Å². The summed E-state index contributed by atoms with van der Waals surface area (Å²) in [6, 6.07) is 0. The van der Waals surface area contributed by atoms with Gasteiger partial charge in [-0.2, -0.15) is 0 Å². The van der Waals surface area contributed by atoms with Crippen molar-refractivity contribution in [2.45, 2.75) is 78.6 Å². The number of unbranched alkanes of at least 4 members (excludes halogenated alkanes) is 6. The molecule has 0 heterocycles. The van der Waals surface area contributed by atoms with Crippen LogP contribution in [0, 0.1) is 0 Å². The van der Waals surface area contributed by atoms with Crippen LogP contribution in [0.15, 0.2) is 11.6 Å². The van der Waals surface area contributed by atoms with E-state index in [2.05, 4.69) is 26.8 Å². The van der Waals surface area contributed by atoms with Gasteiger partial charge in [0, 0.05) is 0 Å². The van der Waals surface area contributed by atoms with Crippen molar-refractivity contribution in [2.75, 3.05) is 0 Å². The van der Waals surface area contributed by atoms with Gasteiger partial charge in [-0.25, -0.2) is 0 Å². The third kappa shape index (κ3) is 9.83. The van der Waals surface area contributed by atoms with E-state index in [0.717, 1.165) is 0 Å². The summed E-state index contributed by atoms with van der Waals surface area (Å²) < 4.78 is 0. The average molecular weight is 196 g/mol. The van der Waals surface area contributed by atoms with E-state index >= 15 is 0 Å². The number of hydrogen-bond acceptors (Lipinski definition) is 0.